The van der Waals surface area contributed by atoms with Crippen LogP contribution in [0.3, 0.4) is 0 Å². The summed E-state index contributed by atoms with van der Waals surface area (Å²) in [6.45, 7) is 0.738. The summed E-state index contributed by atoms with van der Waals surface area (Å²) in [4.78, 5) is 4.07. The van der Waals surface area contributed by atoms with Crippen molar-refractivity contribution in [1.82, 2.24) is 4.98 Å². The molecule has 0 aliphatic carbocycles. The van der Waals surface area contributed by atoms with E-state index in [9.17, 15) is 0 Å². The van der Waals surface area contributed by atoms with Gasteiger partial charge in [0.1, 0.15) is 17.9 Å². The van der Waals surface area contributed by atoms with Crippen LogP contribution < -0.4 is 0 Å². The van der Waals surface area contributed by atoms with Gasteiger partial charge in [-0.25, -0.2) is 4.98 Å². The molecule has 0 N–H and O–H groups in total. The second-order valence-corrected chi connectivity index (χ2v) is 2.38. The van der Waals surface area contributed by atoms with Crippen molar-refractivity contribution >= 4 is 0 Å². The predicted molar refractivity (Wildman–Crippen MR) is 37.6 cm³/mol. The topological polar surface area (TPSA) is 49.2 Å². The molecule has 54 valence electrons. The Morgan fingerprint density at radius 1 is 1.64 bits per heavy atom. The Morgan fingerprint density at radius 3 is 3.09 bits per heavy atom. The molecule has 0 bridgehead atoms. The summed E-state index contributed by atoms with van der Waals surface area (Å²) in [5, 5.41) is 8.51. The van der Waals surface area contributed by atoms with Gasteiger partial charge in [0.2, 0.25) is 0 Å². The van der Waals surface area contributed by atoms with E-state index < -0.39 is 0 Å². The lowest BCUT2D eigenvalue weighted by Crippen LogP contribution is -1.89. The Labute approximate surface area is 64.2 Å². The van der Waals surface area contributed by atoms with Crippen molar-refractivity contribution in [2.24, 2.45) is 0 Å². The molecule has 0 unspecified atom stereocenters. The molecule has 1 aliphatic heterocycles. The molecule has 1 atom stereocenters. The third kappa shape index (κ3) is 1.21. The Morgan fingerprint density at radius 2 is 2.45 bits per heavy atom. The standard InChI is InChI=1S/C8H6N2O/c9-4-6-2-1-3-7(10-6)8-5-11-8/h1-3,8H,5H2/t8-/m0/s1. The van der Waals surface area contributed by atoms with Gasteiger partial charge in [-0.3, -0.25) is 0 Å². The number of nitrogens with zero attached hydrogens (tertiary/aromatic N) is 2. The lowest BCUT2D eigenvalue weighted by atomic mass is 10.2. The van der Waals surface area contributed by atoms with Crippen molar-refractivity contribution in [3.05, 3.63) is 29.6 Å². The first-order valence-corrected chi connectivity index (χ1v) is 3.39. The van der Waals surface area contributed by atoms with Crippen LogP contribution in [0.1, 0.15) is 17.5 Å². The number of nitriles is 1. The van der Waals surface area contributed by atoms with E-state index in [1.54, 1.807) is 6.07 Å². The van der Waals surface area contributed by atoms with Crippen LogP contribution in [-0.2, 0) is 4.74 Å². The van der Waals surface area contributed by atoms with Crippen molar-refractivity contribution in [3.8, 4) is 6.07 Å². The van der Waals surface area contributed by atoms with E-state index in [1.807, 2.05) is 18.2 Å². The van der Waals surface area contributed by atoms with Gasteiger partial charge in [0.05, 0.1) is 12.3 Å². The maximum absolute atomic E-state index is 8.51. The van der Waals surface area contributed by atoms with Gasteiger partial charge in [-0.1, -0.05) is 6.07 Å². The Hall–Kier alpha value is -1.40. The van der Waals surface area contributed by atoms with Crippen LogP contribution in [0.2, 0.25) is 0 Å². The number of pyridine rings is 1. The Kier molecular flexibility index (Phi) is 1.34. The van der Waals surface area contributed by atoms with Crippen molar-refractivity contribution < 1.29 is 4.74 Å². The third-order valence-electron chi connectivity index (χ3n) is 1.55. The fourth-order valence-corrected chi connectivity index (χ4v) is 0.912. The zero-order valence-electron chi connectivity index (χ0n) is 5.82. The van der Waals surface area contributed by atoms with E-state index in [-0.39, 0.29) is 6.10 Å². The largest absolute Gasteiger partial charge is 0.366 e. The number of aromatic nitrogens is 1. The summed E-state index contributed by atoms with van der Waals surface area (Å²) in [5.41, 5.74) is 1.32. The Balaban J connectivity index is 2.35. The summed E-state index contributed by atoms with van der Waals surface area (Å²) in [6, 6.07) is 7.37. The fourth-order valence-electron chi connectivity index (χ4n) is 0.912. The lowest BCUT2D eigenvalue weighted by Gasteiger charge is -1.92. The summed E-state index contributed by atoms with van der Waals surface area (Å²) in [5.74, 6) is 0. The highest BCUT2D eigenvalue weighted by molar-refractivity contribution is 5.24. The molecule has 3 nitrogen and oxygen atoms in total. The molecule has 0 amide bonds. The summed E-state index contributed by atoms with van der Waals surface area (Å²) in [6.07, 6.45) is 0.142. The first kappa shape index (κ1) is 6.32. The second-order valence-electron chi connectivity index (χ2n) is 2.38. The molecule has 2 rings (SSSR count). The summed E-state index contributed by atoms with van der Waals surface area (Å²) >= 11 is 0. The molecule has 0 spiro atoms. The van der Waals surface area contributed by atoms with Crippen LogP contribution in [-0.4, -0.2) is 11.6 Å². The van der Waals surface area contributed by atoms with Crippen molar-refractivity contribution in [3.63, 3.8) is 0 Å². The molecule has 0 saturated carbocycles. The van der Waals surface area contributed by atoms with Crippen molar-refractivity contribution in [2.75, 3.05) is 6.61 Å². The van der Waals surface area contributed by atoms with Crippen LogP contribution >= 0.6 is 0 Å². The van der Waals surface area contributed by atoms with Gasteiger partial charge in [0.15, 0.2) is 0 Å². The van der Waals surface area contributed by atoms with Gasteiger partial charge in [-0.2, -0.15) is 5.26 Å². The van der Waals surface area contributed by atoms with Crippen molar-refractivity contribution in [2.45, 2.75) is 6.10 Å². The van der Waals surface area contributed by atoms with Gasteiger partial charge < -0.3 is 4.74 Å². The van der Waals surface area contributed by atoms with E-state index in [4.69, 9.17) is 10.00 Å². The Bertz CT molecular complexity index is 312. The SMILES string of the molecule is N#Cc1cccc([C@@H]2CO2)n1. The van der Waals surface area contributed by atoms with Crippen LogP contribution in [0.4, 0.5) is 0 Å². The van der Waals surface area contributed by atoms with Crippen LogP contribution in [0.5, 0.6) is 0 Å². The van der Waals surface area contributed by atoms with Crippen LogP contribution in [0.25, 0.3) is 0 Å². The van der Waals surface area contributed by atoms with Crippen LogP contribution in [0.15, 0.2) is 18.2 Å². The fraction of sp³-hybridized carbons (Fsp3) is 0.250. The van der Waals surface area contributed by atoms with E-state index >= 15 is 0 Å². The zero-order chi connectivity index (χ0) is 7.68. The smallest absolute Gasteiger partial charge is 0.140 e. The molecule has 0 radical (unpaired) electrons. The molecule has 1 aliphatic rings. The minimum atomic E-state index is 0.142. The van der Waals surface area contributed by atoms with Crippen molar-refractivity contribution in [1.29, 1.82) is 5.26 Å². The average Bonchev–Trinajstić information content (AvgIpc) is 2.87. The summed E-state index contributed by atoms with van der Waals surface area (Å²) < 4.78 is 5.02. The highest BCUT2D eigenvalue weighted by Gasteiger charge is 2.26. The number of ether oxygens (including phenoxy) is 1. The molecular formula is C8H6N2O. The average molecular weight is 146 g/mol. The number of rotatable bonds is 1. The highest BCUT2D eigenvalue weighted by atomic mass is 16.6. The minimum Gasteiger partial charge on any atom is -0.366 e. The van der Waals surface area contributed by atoms with Gasteiger partial charge in [0, 0.05) is 0 Å². The normalized spacial score (nSPS) is 20.8. The lowest BCUT2D eigenvalue weighted by molar-refractivity contribution is 0.411. The first-order chi connectivity index (χ1) is 5.40. The van der Waals surface area contributed by atoms with Gasteiger partial charge >= 0.3 is 0 Å². The highest BCUT2D eigenvalue weighted by Crippen LogP contribution is 2.27. The van der Waals surface area contributed by atoms with Crippen LogP contribution in [0, 0.1) is 11.3 Å². The molecule has 0 aromatic carbocycles. The molecule has 1 saturated heterocycles. The molecule has 11 heavy (non-hydrogen) atoms. The number of hydrogen-bond donors (Lipinski definition) is 0. The monoisotopic (exact) mass is 146 g/mol. The van der Waals surface area contributed by atoms with Gasteiger partial charge in [-0.15, -0.1) is 0 Å². The molecular weight excluding hydrogens is 140 g/mol. The van der Waals surface area contributed by atoms with E-state index in [2.05, 4.69) is 4.98 Å². The predicted octanol–water partition coefficient (Wildman–Crippen LogP) is 1.02. The van der Waals surface area contributed by atoms with E-state index in [1.165, 1.54) is 0 Å². The molecule has 2 heterocycles. The maximum atomic E-state index is 8.51. The zero-order valence-corrected chi connectivity index (χ0v) is 5.82. The number of hydrogen-bond acceptors (Lipinski definition) is 3. The molecule has 1 fully saturated rings. The molecule has 3 heteroatoms. The van der Waals surface area contributed by atoms with E-state index in [0.717, 1.165) is 12.3 Å². The third-order valence-corrected chi connectivity index (χ3v) is 1.55. The quantitative estimate of drug-likeness (QED) is 0.556. The minimum absolute atomic E-state index is 0.142. The number of epoxide rings is 1. The molecule has 1 aromatic rings. The first-order valence-electron chi connectivity index (χ1n) is 3.39. The second kappa shape index (κ2) is 2.33. The van der Waals surface area contributed by atoms with Gasteiger partial charge in [-0.05, 0) is 12.1 Å². The van der Waals surface area contributed by atoms with E-state index in [0.29, 0.717) is 5.69 Å². The van der Waals surface area contributed by atoms with Gasteiger partial charge in [0.25, 0.3) is 0 Å². The summed E-state index contributed by atoms with van der Waals surface area (Å²) in [7, 11) is 0. The molecule has 1 aromatic heterocycles. The maximum Gasteiger partial charge on any atom is 0.140 e.